The van der Waals surface area contributed by atoms with Crippen LogP contribution in [0.2, 0.25) is 0 Å². The molecule has 0 unspecified atom stereocenters. The van der Waals surface area contributed by atoms with E-state index in [9.17, 15) is 0 Å². The molecule has 0 bridgehead atoms. The van der Waals surface area contributed by atoms with Crippen molar-refractivity contribution in [2.75, 3.05) is 32.8 Å². The summed E-state index contributed by atoms with van der Waals surface area (Å²) in [6, 6.07) is 0.806. The van der Waals surface area contributed by atoms with Crippen molar-refractivity contribution in [1.29, 1.82) is 0 Å². The second-order valence-corrected chi connectivity index (χ2v) is 4.07. The van der Waals surface area contributed by atoms with Gasteiger partial charge in [0.2, 0.25) is 0 Å². The Morgan fingerprint density at radius 3 is 3.00 bits per heavy atom. The first-order valence-corrected chi connectivity index (χ1v) is 5.46. The van der Waals surface area contributed by atoms with E-state index in [4.69, 9.17) is 4.74 Å². The molecule has 76 valence electrons. The van der Waals surface area contributed by atoms with E-state index < -0.39 is 0 Å². The highest BCUT2D eigenvalue weighted by atomic mass is 16.5. The van der Waals surface area contributed by atoms with Gasteiger partial charge in [-0.15, -0.1) is 0 Å². The third-order valence-corrected chi connectivity index (χ3v) is 2.88. The number of nitrogens with zero attached hydrogens (tertiary/aromatic N) is 1. The third-order valence-electron chi connectivity index (χ3n) is 2.88. The molecule has 1 aliphatic carbocycles. The molecule has 2 fully saturated rings. The van der Waals surface area contributed by atoms with E-state index in [-0.39, 0.29) is 0 Å². The van der Waals surface area contributed by atoms with E-state index in [1.807, 2.05) is 0 Å². The summed E-state index contributed by atoms with van der Waals surface area (Å²) in [5, 5.41) is 3.52. The van der Waals surface area contributed by atoms with Gasteiger partial charge >= 0.3 is 0 Å². The highest BCUT2D eigenvalue weighted by Gasteiger charge is 2.24. The molecule has 0 aromatic heterocycles. The van der Waals surface area contributed by atoms with Gasteiger partial charge in [0.1, 0.15) is 0 Å². The van der Waals surface area contributed by atoms with Crippen LogP contribution in [0.15, 0.2) is 0 Å². The maximum atomic E-state index is 5.68. The second kappa shape index (κ2) is 4.40. The molecule has 1 N–H and O–H groups in total. The van der Waals surface area contributed by atoms with Gasteiger partial charge in [0.25, 0.3) is 0 Å². The zero-order valence-corrected chi connectivity index (χ0v) is 8.46. The zero-order valence-electron chi connectivity index (χ0n) is 8.46. The molecule has 0 spiro atoms. The zero-order chi connectivity index (χ0) is 9.10. The van der Waals surface area contributed by atoms with Gasteiger partial charge in [-0.25, -0.2) is 0 Å². The fourth-order valence-electron chi connectivity index (χ4n) is 1.78. The number of likely N-dealkylation sites (N-methyl/N-ethyl adjacent to an activating group) is 1. The van der Waals surface area contributed by atoms with Gasteiger partial charge in [-0.05, 0) is 19.4 Å². The Kier molecular flexibility index (Phi) is 3.19. The van der Waals surface area contributed by atoms with Gasteiger partial charge in [0.05, 0.1) is 12.7 Å². The minimum Gasteiger partial charge on any atom is -0.374 e. The van der Waals surface area contributed by atoms with Crippen LogP contribution < -0.4 is 5.32 Å². The quantitative estimate of drug-likeness (QED) is 0.687. The van der Waals surface area contributed by atoms with Crippen LogP contribution in [0, 0.1) is 0 Å². The highest BCUT2D eigenvalue weighted by Crippen LogP contribution is 2.18. The molecule has 1 saturated heterocycles. The summed E-state index contributed by atoms with van der Waals surface area (Å²) in [6.45, 7) is 7.54. The van der Waals surface area contributed by atoms with E-state index in [0.29, 0.717) is 6.10 Å². The van der Waals surface area contributed by atoms with E-state index in [2.05, 4.69) is 17.1 Å². The van der Waals surface area contributed by atoms with Crippen molar-refractivity contribution >= 4 is 0 Å². The van der Waals surface area contributed by atoms with Crippen LogP contribution >= 0.6 is 0 Å². The number of rotatable bonds is 4. The summed E-state index contributed by atoms with van der Waals surface area (Å²) < 4.78 is 5.68. The maximum Gasteiger partial charge on any atom is 0.0826 e. The lowest BCUT2D eigenvalue weighted by molar-refractivity contribution is -0.0253. The summed E-state index contributed by atoms with van der Waals surface area (Å²) in [5.41, 5.74) is 0. The van der Waals surface area contributed by atoms with Crippen molar-refractivity contribution in [3.8, 4) is 0 Å². The topological polar surface area (TPSA) is 24.5 Å². The van der Waals surface area contributed by atoms with Gasteiger partial charge in [0, 0.05) is 25.7 Å². The molecule has 2 rings (SSSR count). The highest BCUT2D eigenvalue weighted by molar-refractivity contribution is 4.83. The first kappa shape index (κ1) is 9.44. The minimum absolute atomic E-state index is 0.425. The van der Waals surface area contributed by atoms with Crippen molar-refractivity contribution in [3.05, 3.63) is 0 Å². The second-order valence-electron chi connectivity index (χ2n) is 4.07. The molecule has 1 aliphatic heterocycles. The Morgan fingerprint density at radius 2 is 2.31 bits per heavy atom. The van der Waals surface area contributed by atoms with Gasteiger partial charge in [-0.2, -0.15) is 0 Å². The van der Waals surface area contributed by atoms with Crippen LogP contribution in [0.1, 0.15) is 19.8 Å². The van der Waals surface area contributed by atoms with Crippen LogP contribution in [0.25, 0.3) is 0 Å². The average molecular weight is 184 g/mol. The molecule has 3 nitrogen and oxygen atoms in total. The Balaban J connectivity index is 1.65. The molecular weight excluding hydrogens is 164 g/mol. The predicted octanol–water partition coefficient (Wildman–Crippen LogP) is 0.459. The SMILES string of the molecule is CCN1CCO[C@H](CNC2CC2)C1. The van der Waals surface area contributed by atoms with E-state index in [0.717, 1.165) is 38.8 Å². The standard InChI is InChI=1S/C10H20N2O/c1-2-12-5-6-13-10(8-12)7-11-9-3-4-9/h9-11H,2-8H2,1H3/t10-/m1/s1. The van der Waals surface area contributed by atoms with Crippen LogP contribution in [0.3, 0.4) is 0 Å². The summed E-state index contributed by atoms with van der Waals surface area (Å²) in [5.74, 6) is 0. The van der Waals surface area contributed by atoms with Crippen molar-refractivity contribution in [1.82, 2.24) is 10.2 Å². The van der Waals surface area contributed by atoms with Crippen LogP contribution in [-0.2, 0) is 4.74 Å². The molecular formula is C10H20N2O. The molecule has 2 aliphatic rings. The minimum atomic E-state index is 0.425. The molecule has 3 heteroatoms. The van der Waals surface area contributed by atoms with Gasteiger partial charge < -0.3 is 10.1 Å². The smallest absolute Gasteiger partial charge is 0.0826 e. The average Bonchev–Trinajstić information content (AvgIpc) is 2.99. The van der Waals surface area contributed by atoms with Crippen molar-refractivity contribution in [3.63, 3.8) is 0 Å². The summed E-state index contributed by atoms with van der Waals surface area (Å²) in [7, 11) is 0. The van der Waals surface area contributed by atoms with Gasteiger partial charge in [0.15, 0.2) is 0 Å². The lowest BCUT2D eigenvalue weighted by atomic mass is 10.2. The summed E-state index contributed by atoms with van der Waals surface area (Å²) in [6.07, 6.45) is 3.16. The first-order chi connectivity index (χ1) is 6.38. The molecule has 1 saturated carbocycles. The van der Waals surface area contributed by atoms with Crippen LogP contribution in [0.5, 0.6) is 0 Å². The van der Waals surface area contributed by atoms with Gasteiger partial charge in [-0.3, -0.25) is 4.90 Å². The van der Waals surface area contributed by atoms with E-state index >= 15 is 0 Å². The maximum absolute atomic E-state index is 5.68. The number of morpholine rings is 1. The van der Waals surface area contributed by atoms with Crippen LogP contribution in [0.4, 0.5) is 0 Å². The Labute approximate surface area is 80.4 Å². The molecule has 0 amide bonds. The largest absolute Gasteiger partial charge is 0.374 e. The monoisotopic (exact) mass is 184 g/mol. The number of ether oxygens (including phenoxy) is 1. The van der Waals surface area contributed by atoms with E-state index in [1.54, 1.807) is 0 Å². The lowest BCUT2D eigenvalue weighted by Gasteiger charge is -2.32. The van der Waals surface area contributed by atoms with Gasteiger partial charge in [-0.1, -0.05) is 6.92 Å². The first-order valence-electron chi connectivity index (χ1n) is 5.46. The van der Waals surface area contributed by atoms with Crippen molar-refractivity contribution in [2.24, 2.45) is 0 Å². The lowest BCUT2D eigenvalue weighted by Crippen LogP contribution is -2.46. The molecule has 1 atom stereocenters. The molecule has 1 heterocycles. The molecule has 13 heavy (non-hydrogen) atoms. The Hall–Kier alpha value is -0.120. The number of hydrogen-bond donors (Lipinski definition) is 1. The molecule has 0 aromatic carbocycles. The Bertz CT molecular complexity index is 159. The normalized spacial score (nSPS) is 30.7. The number of nitrogens with one attached hydrogen (secondary N) is 1. The number of hydrogen-bond acceptors (Lipinski definition) is 3. The molecule has 0 aromatic rings. The fourth-order valence-corrected chi connectivity index (χ4v) is 1.78. The third kappa shape index (κ3) is 2.93. The van der Waals surface area contributed by atoms with Crippen molar-refractivity contribution in [2.45, 2.75) is 31.9 Å². The Morgan fingerprint density at radius 1 is 1.46 bits per heavy atom. The summed E-state index contributed by atoms with van der Waals surface area (Å²) in [4.78, 5) is 2.46. The predicted molar refractivity (Wildman–Crippen MR) is 52.9 cm³/mol. The van der Waals surface area contributed by atoms with E-state index in [1.165, 1.54) is 12.8 Å². The molecule has 0 radical (unpaired) electrons. The summed E-state index contributed by atoms with van der Waals surface area (Å²) >= 11 is 0. The van der Waals surface area contributed by atoms with Crippen molar-refractivity contribution < 1.29 is 4.74 Å². The van der Waals surface area contributed by atoms with Crippen LogP contribution in [-0.4, -0.2) is 49.8 Å². The fraction of sp³-hybridized carbons (Fsp3) is 1.00.